The maximum absolute atomic E-state index is 8.02. The lowest BCUT2D eigenvalue weighted by molar-refractivity contribution is 0.436. The zero-order valence-corrected chi connectivity index (χ0v) is 62.5. The van der Waals surface area contributed by atoms with Crippen LogP contribution in [0.15, 0.2) is 355 Å². The lowest BCUT2D eigenvalue weighted by atomic mass is 9.80. The van der Waals surface area contributed by atoms with Crippen LogP contribution in [0.4, 0.5) is 28.4 Å². The predicted octanol–water partition coefficient (Wildman–Crippen LogP) is 27.3. The van der Waals surface area contributed by atoms with Crippen molar-refractivity contribution < 1.29 is 8.83 Å². The Morgan fingerprint density at radius 3 is 1.73 bits per heavy atom. The minimum absolute atomic E-state index is 0.0507. The van der Waals surface area contributed by atoms with E-state index >= 15 is 0 Å². The number of benzene rings is 14. The fourth-order valence-electron chi connectivity index (χ4n) is 20.7. The second-order valence-corrected chi connectivity index (χ2v) is 31.7. The number of fused-ring (bicyclic) bond motifs is 10. The SMILES string of the molecule is C1=CC2C3C=CC=C(c4cnc(-c5cc6oc7c(N(c8ccc(-c9cccc%10ccccc9%10)c9ccccc89)C8CCCCC8)ccc8c9cc(-c%10ccnc(-c%11cccc%12ccccc%11%12)c%10)cc%10oc%11c(N%12CC=C(c%13cccc%14ccccc%13%14)c%13ccccc%13%12)ccc(c(c5)c6c78)c%11c%109)cn4)C3N(c3ccccc3)C2C=C1. The van der Waals surface area contributed by atoms with E-state index in [4.69, 9.17) is 23.8 Å². The molecule has 3 aliphatic carbocycles. The van der Waals surface area contributed by atoms with E-state index in [0.717, 1.165) is 158 Å². The van der Waals surface area contributed by atoms with Gasteiger partial charge in [0.05, 0.1) is 52.9 Å². The van der Waals surface area contributed by atoms with E-state index in [9.17, 15) is 0 Å². The molecular formula is C106H74N6O2. The predicted molar refractivity (Wildman–Crippen MR) is 474 cm³/mol. The highest BCUT2D eigenvalue weighted by atomic mass is 16.3. The van der Waals surface area contributed by atoms with Gasteiger partial charge in [0, 0.05) is 96.9 Å². The van der Waals surface area contributed by atoms with Crippen LogP contribution in [-0.4, -0.2) is 39.6 Å². The minimum atomic E-state index is 0.0507. The lowest BCUT2D eigenvalue weighted by Gasteiger charge is -2.37. The summed E-state index contributed by atoms with van der Waals surface area (Å²) in [6.45, 7) is 0.613. The van der Waals surface area contributed by atoms with Gasteiger partial charge in [-0.3, -0.25) is 15.0 Å². The highest BCUT2D eigenvalue weighted by molar-refractivity contribution is 6.38. The molecule has 15 aromatic carbocycles. The number of hydrogen-bond acceptors (Lipinski definition) is 8. The second kappa shape index (κ2) is 25.8. The molecule has 1 saturated carbocycles. The minimum Gasteiger partial charge on any atom is -0.454 e. The van der Waals surface area contributed by atoms with Crippen molar-refractivity contribution in [2.45, 2.75) is 50.2 Å². The molecule has 24 rings (SSSR count). The van der Waals surface area contributed by atoms with Gasteiger partial charge in [0.25, 0.3) is 0 Å². The molecule has 19 aromatic rings. The summed E-state index contributed by atoms with van der Waals surface area (Å²) in [4.78, 5) is 23.9. The molecular weight excluding hydrogens is 1390 g/mol. The Bertz CT molecular complexity index is 7360. The number of furan rings is 2. The molecule has 8 heteroatoms. The van der Waals surface area contributed by atoms with Gasteiger partial charge in [-0.2, -0.15) is 0 Å². The summed E-state index contributed by atoms with van der Waals surface area (Å²) in [5.74, 6) is 0.561. The van der Waals surface area contributed by atoms with Gasteiger partial charge in [-0.1, -0.05) is 274 Å². The smallest absolute Gasteiger partial charge is 0.159 e. The fraction of sp³-hybridized carbons (Fsp3) is 0.104. The summed E-state index contributed by atoms with van der Waals surface area (Å²) < 4.78 is 15.9. The van der Waals surface area contributed by atoms with Gasteiger partial charge in [0.1, 0.15) is 11.2 Å². The van der Waals surface area contributed by atoms with Crippen LogP contribution in [-0.2, 0) is 0 Å². The first kappa shape index (κ1) is 64.8. The van der Waals surface area contributed by atoms with E-state index < -0.39 is 0 Å². The van der Waals surface area contributed by atoms with Crippen molar-refractivity contribution in [1.82, 2.24) is 15.0 Å². The number of rotatable bonds is 11. The van der Waals surface area contributed by atoms with Crippen LogP contribution in [0, 0.1) is 11.8 Å². The molecule has 5 aliphatic rings. The van der Waals surface area contributed by atoms with E-state index in [-0.39, 0.29) is 24.0 Å². The Hall–Kier alpha value is -14.0. The van der Waals surface area contributed by atoms with Crippen LogP contribution in [0.25, 0.3) is 164 Å². The van der Waals surface area contributed by atoms with Gasteiger partial charge in [-0.25, -0.2) is 0 Å². The molecule has 2 fully saturated rings. The largest absolute Gasteiger partial charge is 0.454 e. The van der Waals surface area contributed by atoms with Gasteiger partial charge in [0.15, 0.2) is 11.2 Å². The molecule has 4 unspecified atom stereocenters. The molecule has 4 atom stereocenters. The number of para-hydroxylation sites is 2. The molecule has 0 amide bonds. The summed E-state index contributed by atoms with van der Waals surface area (Å²) in [6, 6.07) is 103. The van der Waals surface area contributed by atoms with Gasteiger partial charge in [-0.05, 0) is 178 Å². The molecule has 0 N–H and O–H groups in total. The maximum atomic E-state index is 8.02. The van der Waals surface area contributed by atoms with Crippen molar-refractivity contribution in [2.75, 3.05) is 21.2 Å². The Labute approximate surface area is 658 Å². The van der Waals surface area contributed by atoms with E-state index in [0.29, 0.717) is 12.5 Å². The van der Waals surface area contributed by atoms with Gasteiger partial charge in [0.2, 0.25) is 0 Å². The average Bonchev–Trinajstić information content (AvgIpc) is 1.51. The number of anilines is 5. The zero-order valence-electron chi connectivity index (χ0n) is 62.5. The summed E-state index contributed by atoms with van der Waals surface area (Å²) in [7, 11) is 0. The van der Waals surface area contributed by atoms with E-state index in [1.165, 1.54) is 83.3 Å². The third kappa shape index (κ3) is 9.99. The van der Waals surface area contributed by atoms with Crippen LogP contribution in [0.1, 0.15) is 48.9 Å². The molecule has 0 bridgehead atoms. The van der Waals surface area contributed by atoms with Crippen molar-refractivity contribution in [3.63, 3.8) is 0 Å². The monoisotopic (exact) mass is 1460 g/mol. The first-order valence-electron chi connectivity index (χ1n) is 40.3. The molecule has 0 radical (unpaired) electrons. The third-order valence-corrected chi connectivity index (χ3v) is 25.7. The Balaban J connectivity index is 0.764. The molecule has 2 aliphatic heterocycles. The first-order chi connectivity index (χ1) is 56.6. The zero-order chi connectivity index (χ0) is 74.6. The van der Waals surface area contributed by atoms with Crippen molar-refractivity contribution in [1.29, 1.82) is 0 Å². The summed E-state index contributed by atoms with van der Waals surface area (Å²) in [6.07, 6.45) is 30.1. The van der Waals surface area contributed by atoms with Gasteiger partial charge in [-0.15, -0.1) is 0 Å². The van der Waals surface area contributed by atoms with Crippen LogP contribution in [0.2, 0.25) is 0 Å². The van der Waals surface area contributed by atoms with Crippen LogP contribution in [0.3, 0.4) is 0 Å². The van der Waals surface area contributed by atoms with Crippen molar-refractivity contribution in [3.8, 4) is 44.8 Å². The number of hydrogen-bond donors (Lipinski definition) is 0. The third-order valence-electron chi connectivity index (χ3n) is 25.7. The number of allylic oxidation sites excluding steroid dienone is 4. The first-order valence-corrected chi connectivity index (χ1v) is 40.3. The fourth-order valence-corrected chi connectivity index (χ4v) is 20.7. The lowest BCUT2D eigenvalue weighted by Crippen LogP contribution is -2.38. The normalized spacial score (nSPS) is 17.5. The summed E-state index contributed by atoms with van der Waals surface area (Å²) in [5, 5.41) is 18.1. The van der Waals surface area contributed by atoms with Crippen LogP contribution >= 0.6 is 0 Å². The van der Waals surface area contributed by atoms with Crippen LogP contribution < -0.4 is 14.7 Å². The highest BCUT2D eigenvalue weighted by Crippen LogP contribution is 2.56. The highest BCUT2D eigenvalue weighted by Gasteiger charge is 2.49. The number of pyridine rings is 1. The molecule has 6 heterocycles. The summed E-state index contributed by atoms with van der Waals surface area (Å²) in [5.41, 5.74) is 22.5. The van der Waals surface area contributed by atoms with Gasteiger partial charge >= 0.3 is 0 Å². The average molecular weight is 1460 g/mol. The maximum Gasteiger partial charge on any atom is 0.159 e. The Kier molecular flexibility index (Phi) is 14.7. The molecule has 1 saturated heterocycles. The standard InChI is InChI=1S/C106H74N6O2/c1-3-29-70(30-4-1)111(95-50-47-78(77-36-13-14-38-82(77)95)75-40-19-26-64-23-7-10-33-72(64)75)97-52-49-85-88-57-68(67-53-55-107-90(59-67)80-42-21-28-66-25-9-12-35-74(66)80)60-98-100(88)102-84(48-51-96(105(102)113-98)110-56-54-79(81-37-15-17-45-93(81)110)76-41-20-27-65-24-8-11-34-73(65)76)89-58-69(61-99-101(89)103(85)106(97)114-99)91-62-109-92(63-108-91)87-44-22-43-86-83-39-16-18-46-94(83)112(104(86)87)71-31-5-2-6-32-71/h2,5-28,31-55,57-63,70,83,86,94,104H,1,3-4,29-30,56H2. The quantitative estimate of drug-likeness (QED) is 0.127. The van der Waals surface area contributed by atoms with Crippen molar-refractivity contribution in [3.05, 3.63) is 363 Å². The topological polar surface area (TPSA) is 74.7 Å². The number of aromatic nitrogens is 3. The van der Waals surface area contributed by atoms with E-state index in [1.54, 1.807) is 0 Å². The van der Waals surface area contributed by atoms with Gasteiger partial charge < -0.3 is 23.5 Å². The molecule has 0 spiro atoms. The second-order valence-electron chi connectivity index (χ2n) is 31.7. The number of nitrogens with zero attached hydrogens (tertiary/aromatic N) is 6. The Morgan fingerprint density at radius 1 is 0.368 bits per heavy atom. The molecule has 8 nitrogen and oxygen atoms in total. The molecule has 4 aromatic heterocycles. The van der Waals surface area contributed by atoms with Crippen molar-refractivity contribution in [2.24, 2.45) is 11.8 Å². The van der Waals surface area contributed by atoms with Crippen LogP contribution in [0.5, 0.6) is 0 Å². The molecule has 540 valence electrons. The van der Waals surface area contributed by atoms with Crippen molar-refractivity contribution >= 4 is 148 Å². The molecule has 114 heavy (non-hydrogen) atoms. The Morgan fingerprint density at radius 2 is 0.956 bits per heavy atom. The van der Waals surface area contributed by atoms with E-state index in [2.05, 4.69) is 342 Å². The summed E-state index contributed by atoms with van der Waals surface area (Å²) >= 11 is 0. The van der Waals surface area contributed by atoms with E-state index in [1.807, 2.05) is 18.6 Å².